The number of nitrogens with zero attached hydrogens (tertiary/aromatic N) is 2. The molecule has 0 aromatic heterocycles. The van der Waals surface area contributed by atoms with Crippen molar-refractivity contribution in [3.05, 3.63) is 35.9 Å². The van der Waals surface area contributed by atoms with E-state index in [1.165, 1.54) is 32.5 Å². The fraction of sp³-hybridized carbons (Fsp3) is 0.647. The molecule has 1 saturated carbocycles. The van der Waals surface area contributed by atoms with Crippen molar-refractivity contribution in [2.75, 3.05) is 39.3 Å². The molecule has 1 saturated heterocycles. The molecule has 3 nitrogen and oxygen atoms in total. The van der Waals surface area contributed by atoms with Crippen LogP contribution in [-0.4, -0.2) is 54.2 Å². The highest BCUT2D eigenvalue weighted by Gasteiger charge is 2.26. The zero-order chi connectivity index (χ0) is 13.8. The summed E-state index contributed by atoms with van der Waals surface area (Å²) in [7, 11) is 0. The summed E-state index contributed by atoms with van der Waals surface area (Å²) in [6.07, 6.45) is 3.42. The van der Waals surface area contributed by atoms with Gasteiger partial charge in [0.15, 0.2) is 0 Å². The average Bonchev–Trinajstić information content (AvgIpc) is 3.31. The lowest BCUT2D eigenvalue weighted by Gasteiger charge is -2.35. The van der Waals surface area contributed by atoms with E-state index in [2.05, 4.69) is 9.80 Å². The third-order valence-electron chi connectivity index (χ3n) is 4.58. The summed E-state index contributed by atoms with van der Waals surface area (Å²) in [5, 5.41) is 10.2. The van der Waals surface area contributed by atoms with Crippen molar-refractivity contribution in [1.82, 2.24) is 9.80 Å². The normalized spacial score (nSPS) is 22.9. The van der Waals surface area contributed by atoms with E-state index in [1.807, 2.05) is 30.3 Å². The lowest BCUT2D eigenvalue weighted by Crippen LogP contribution is -2.47. The van der Waals surface area contributed by atoms with Crippen LogP contribution in [0.25, 0.3) is 0 Å². The first-order valence-corrected chi connectivity index (χ1v) is 7.99. The molecule has 0 radical (unpaired) electrons. The van der Waals surface area contributed by atoms with Gasteiger partial charge in [0, 0.05) is 39.3 Å². The fourth-order valence-electron chi connectivity index (χ4n) is 3.01. The van der Waals surface area contributed by atoms with Gasteiger partial charge in [0.1, 0.15) is 0 Å². The third-order valence-corrected chi connectivity index (χ3v) is 4.58. The van der Waals surface area contributed by atoms with E-state index >= 15 is 0 Å². The highest BCUT2D eigenvalue weighted by atomic mass is 16.3. The van der Waals surface area contributed by atoms with Crippen LogP contribution in [0.5, 0.6) is 0 Å². The predicted octanol–water partition coefficient (Wildman–Crippen LogP) is 2.14. The van der Waals surface area contributed by atoms with Crippen LogP contribution in [0.2, 0.25) is 0 Å². The number of aliphatic hydroxyl groups is 1. The van der Waals surface area contributed by atoms with Gasteiger partial charge in [-0.15, -0.1) is 0 Å². The Bertz CT molecular complexity index is 397. The molecule has 110 valence electrons. The molecular formula is C17H26N2O. The van der Waals surface area contributed by atoms with Gasteiger partial charge in [-0.05, 0) is 30.7 Å². The van der Waals surface area contributed by atoms with Crippen LogP contribution in [-0.2, 0) is 0 Å². The quantitative estimate of drug-likeness (QED) is 0.861. The summed E-state index contributed by atoms with van der Waals surface area (Å²) in [5.41, 5.74) is 1.04. The van der Waals surface area contributed by atoms with E-state index in [0.29, 0.717) is 0 Å². The van der Waals surface area contributed by atoms with Gasteiger partial charge in [0.25, 0.3) is 0 Å². The van der Waals surface area contributed by atoms with E-state index in [4.69, 9.17) is 0 Å². The molecule has 3 heteroatoms. The van der Waals surface area contributed by atoms with E-state index in [1.54, 1.807) is 0 Å². The molecule has 1 aliphatic carbocycles. The molecule has 1 aliphatic heterocycles. The molecular weight excluding hydrogens is 248 g/mol. The highest BCUT2D eigenvalue weighted by molar-refractivity contribution is 5.17. The average molecular weight is 274 g/mol. The summed E-state index contributed by atoms with van der Waals surface area (Å²) in [5.74, 6) is 1.00. The Morgan fingerprint density at radius 2 is 1.65 bits per heavy atom. The first-order valence-electron chi connectivity index (χ1n) is 7.99. The first-order chi connectivity index (χ1) is 9.81. The number of piperazine rings is 1. The summed E-state index contributed by atoms with van der Waals surface area (Å²) < 4.78 is 0. The van der Waals surface area contributed by atoms with Gasteiger partial charge in [0.2, 0.25) is 0 Å². The van der Waals surface area contributed by atoms with Crippen LogP contribution >= 0.6 is 0 Å². The monoisotopic (exact) mass is 274 g/mol. The van der Waals surface area contributed by atoms with Gasteiger partial charge in [-0.3, -0.25) is 0 Å². The van der Waals surface area contributed by atoms with Crippen molar-refractivity contribution in [2.24, 2.45) is 5.92 Å². The molecule has 0 spiro atoms. The van der Waals surface area contributed by atoms with Crippen molar-refractivity contribution in [2.45, 2.75) is 25.4 Å². The van der Waals surface area contributed by atoms with Crippen molar-refractivity contribution < 1.29 is 5.11 Å². The highest BCUT2D eigenvalue weighted by Crippen LogP contribution is 2.30. The minimum Gasteiger partial charge on any atom is -0.388 e. The van der Waals surface area contributed by atoms with Gasteiger partial charge >= 0.3 is 0 Å². The number of rotatable bonds is 6. The molecule has 20 heavy (non-hydrogen) atoms. The SMILES string of the molecule is OC(CCN1CCN(CC2CC2)CC1)c1ccccc1. The van der Waals surface area contributed by atoms with Crippen molar-refractivity contribution >= 4 is 0 Å². The molecule has 1 unspecified atom stereocenters. The zero-order valence-electron chi connectivity index (χ0n) is 12.2. The molecule has 1 aromatic carbocycles. The maximum Gasteiger partial charge on any atom is 0.0802 e. The Morgan fingerprint density at radius 1 is 1.00 bits per heavy atom. The van der Waals surface area contributed by atoms with Crippen LogP contribution in [0.1, 0.15) is 30.9 Å². The molecule has 0 amide bonds. The van der Waals surface area contributed by atoms with Crippen LogP contribution < -0.4 is 0 Å². The minimum atomic E-state index is -0.319. The molecule has 1 aromatic rings. The van der Waals surface area contributed by atoms with Gasteiger partial charge in [-0.1, -0.05) is 30.3 Å². The van der Waals surface area contributed by atoms with E-state index in [-0.39, 0.29) is 6.10 Å². The molecule has 0 bridgehead atoms. The zero-order valence-corrected chi connectivity index (χ0v) is 12.2. The van der Waals surface area contributed by atoms with E-state index in [0.717, 1.165) is 37.5 Å². The van der Waals surface area contributed by atoms with E-state index < -0.39 is 0 Å². The summed E-state index contributed by atoms with van der Waals surface area (Å²) in [6.45, 7) is 7.06. The van der Waals surface area contributed by atoms with Crippen LogP contribution in [0, 0.1) is 5.92 Å². The van der Waals surface area contributed by atoms with Gasteiger partial charge in [0.05, 0.1) is 6.10 Å². The lowest BCUT2D eigenvalue weighted by atomic mass is 10.1. The summed E-state index contributed by atoms with van der Waals surface area (Å²) in [6, 6.07) is 10.0. The fourth-order valence-corrected chi connectivity index (χ4v) is 3.01. The maximum absolute atomic E-state index is 10.2. The second-order valence-corrected chi connectivity index (χ2v) is 6.30. The smallest absolute Gasteiger partial charge is 0.0802 e. The molecule has 2 fully saturated rings. The second kappa shape index (κ2) is 6.70. The second-order valence-electron chi connectivity index (χ2n) is 6.30. The minimum absolute atomic E-state index is 0.319. The Hall–Kier alpha value is -0.900. The maximum atomic E-state index is 10.2. The number of aliphatic hydroxyl groups excluding tert-OH is 1. The number of benzene rings is 1. The van der Waals surface area contributed by atoms with Crippen LogP contribution in [0.15, 0.2) is 30.3 Å². The Kier molecular flexibility index (Phi) is 4.71. The predicted molar refractivity (Wildman–Crippen MR) is 81.6 cm³/mol. The topological polar surface area (TPSA) is 26.7 Å². The first kappa shape index (κ1) is 14.1. The molecule has 3 rings (SSSR count). The molecule has 2 aliphatic rings. The summed E-state index contributed by atoms with van der Waals surface area (Å²) >= 11 is 0. The molecule has 1 N–H and O–H groups in total. The van der Waals surface area contributed by atoms with Gasteiger partial charge in [-0.25, -0.2) is 0 Å². The van der Waals surface area contributed by atoms with E-state index in [9.17, 15) is 5.11 Å². The largest absolute Gasteiger partial charge is 0.388 e. The van der Waals surface area contributed by atoms with Crippen molar-refractivity contribution in [1.29, 1.82) is 0 Å². The Morgan fingerprint density at radius 3 is 2.30 bits per heavy atom. The van der Waals surface area contributed by atoms with Gasteiger partial charge < -0.3 is 14.9 Å². The third kappa shape index (κ3) is 4.05. The molecule has 1 atom stereocenters. The molecule has 1 heterocycles. The van der Waals surface area contributed by atoms with Gasteiger partial charge in [-0.2, -0.15) is 0 Å². The number of hydrogen-bond donors (Lipinski definition) is 1. The van der Waals surface area contributed by atoms with Crippen LogP contribution in [0.3, 0.4) is 0 Å². The van der Waals surface area contributed by atoms with Crippen molar-refractivity contribution in [3.63, 3.8) is 0 Å². The standard InChI is InChI=1S/C17H26N2O/c20-17(16-4-2-1-3-5-16)8-9-18-10-12-19(13-11-18)14-15-6-7-15/h1-5,15,17,20H,6-14H2. The summed E-state index contributed by atoms with van der Waals surface area (Å²) in [4.78, 5) is 5.11. The van der Waals surface area contributed by atoms with Crippen molar-refractivity contribution in [3.8, 4) is 0 Å². The Balaban J connectivity index is 1.37. The number of hydrogen-bond acceptors (Lipinski definition) is 3. The van der Waals surface area contributed by atoms with Crippen LogP contribution in [0.4, 0.5) is 0 Å². The lowest BCUT2D eigenvalue weighted by molar-refractivity contribution is 0.100. The Labute approximate surface area is 122 Å².